The van der Waals surface area contributed by atoms with Gasteiger partial charge < -0.3 is 14.8 Å². The molecule has 0 aromatic heterocycles. The molecule has 2 aliphatic rings. The van der Waals surface area contributed by atoms with Crippen molar-refractivity contribution in [3.63, 3.8) is 0 Å². The van der Waals surface area contributed by atoms with Crippen molar-refractivity contribution in [3.05, 3.63) is 0 Å². The Labute approximate surface area is 154 Å². The molecule has 146 valence electrons. The predicted octanol–water partition coefficient (Wildman–Crippen LogP) is 2.26. The number of hydrogen-bond acceptors (Lipinski definition) is 6. The first-order valence-electron chi connectivity index (χ1n) is 9.27. The average molecular weight is 367 g/mol. The molecule has 7 nitrogen and oxygen atoms in total. The maximum absolute atomic E-state index is 12.9. The number of cyclic esters (lactones) is 1. The number of carbonyl (C=O) groups is 4. The van der Waals surface area contributed by atoms with Crippen LogP contribution in [-0.2, 0) is 23.9 Å². The van der Waals surface area contributed by atoms with Gasteiger partial charge >= 0.3 is 12.1 Å². The monoisotopic (exact) mass is 367 g/mol. The lowest BCUT2D eigenvalue weighted by Crippen LogP contribution is -2.52. The fraction of sp³-hybridized carbons (Fsp3) is 0.789. The molecule has 0 bridgehead atoms. The number of Topliss-reactive ketones (excluding diaryl/α,β-unsaturated/α-hetero) is 2. The maximum Gasteiger partial charge on any atom is 0.408 e. The number of alkyl carbamates (subject to hydrolysis) is 1. The van der Waals surface area contributed by atoms with Gasteiger partial charge in [-0.05, 0) is 32.6 Å². The minimum atomic E-state index is -1.15. The van der Waals surface area contributed by atoms with E-state index in [1.165, 1.54) is 6.92 Å². The highest BCUT2D eigenvalue weighted by Gasteiger charge is 2.51. The van der Waals surface area contributed by atoms with Crippen LogP contribution in [0.25, 0.3) is 0 Å². The zero-order valence-electron chi connectivity index (χ0n) is 16.2. The van der Waals surface area contributed by atoms with Crippen molar-refractivity contribution in [2.24, 2.45) is 23.7 Å². The van der Waals surface area contributed by atoms with Crippen LogP contribution < -0.4 is 5.32 Å². The third-order valence-electron chi connectivity index (χ3n) is 5.67. The van der Waals surface area contributed by atoms with Gasteiger partial charge in [-0.2, -0.15) is 0 Å². The summed E-state index contributed by atoms with van der Waals surface area (Å²) in [7, 11) is 0. The molecular weight excluding hydrogens is 338 g/mol. The number of nitrogens with one attached hydrogen (secondary N) is 1. The second-order valence-electron chi connectivity index (χ2n) is 8.09. The van der Waals surface area contributed by atoms with Crippen LogP contribution in [0.15, 0.2) is 0 Å². The highest BCUT2D eigenvalue weighted by molar-refractivity contribution is 5.98. The molecule has 0 spiro atoms. The highest BCUT2D eigenvalue weighted by atomic mass is 16.6. The Balaban J connectivity index is 2.29. The van der Waals surface area contributed by atoms with Crippen molar-refractivity contribution in [3.8, 4) is 0 Å². The molecule has 2 saturated heterocycles. The first-order chi connectivity index (χ1) is 12.0. The van der Waals surface area contributed by atoms with E-state index in [0.29, 0.717) is 12.8 Å². The van der Waals surface area contributed by atoms with Gasteiger partial charge in [0, 0.05) is 18.3 Å². The molecule has 3 unspecified atom stereocenters. The molecule has 0 saturated carbocycles. The summed E-state index contributed by atoms with van der Waals surface area (Å²) in [5.74, 6) is -2.12. The first kappa shape index (κ1) is 20.4. The van der Waals surface area contributed by atoms with Crippen molar-refractivity contribution >= 4 is 23.6 Å². The summed E-state index contributed by atoms with van der Waals surface area (Å²) in [5, 5.41) is 2.68. The van der Waals surface area contributed by atoms with E-state index in [0.717, 1.165) is 0 Å². The number of carbonyl (C=O) groups excluding carboxylic acids is 4. The lowest BCUT2D eigenvalue weighted by atomic mass is 9.79. The highest BCUT2D eigenvalue weighted by Crippen LogP contribution is 2.32. The minimum Gasteiger partial charge on any atom is -0.461 e. The second-order valence-corrected chi connectivity index (χ2v) is 8.09. The van der Waals surface area contributed by atoms with Gasteiger partial charge in [-0.1, -0.05) is 20.8 Å². The van der Waals surface area contributed by atoms with Gasteiger partial charge in [-0.3, -0.25) is 14.4 Å². The van der Waals surface area contributed by atoms with Crippen LogP contribution in [0, 0.1) is 23.7 Å². The van der Waals surface area contributed by atoms with Crippen LogP contribution in [-0.4, -0.2) is 41.9 Å². The number of rotatable bonds is 0. The largest absolute Gasteiger partial charge is 0.461 e. The molecule has 7 heteroatoms. The molecule has 1 N–H and O–H groups in total. The van der Waals surface area contributed by atoms with Crippen LogP contribution >= 0.6 is 0 Å². The van der Waals surface area contributed by atoms with Crippen LogP contribution in [0.1, 0.15) is 53.9 Å². The molecule has 0 aromatic carbocycles. The van der Waals surface area contributed by atoms with Gasteiger partial charge in [-0.15, -0.1) is 0 Å². The summed E-state index contributed by atoms with van der Waals surface area (Å²) < 4.78 is 10.6. The summed E-state index contributed by atoms with van der Waals surface area (Å²) in [6.07, 6.45) is 0.934. The predicted molar refractivity (Wildman–Crippen MR) is 93.3 cm³/mol. The number of amides is 1. The van der Waals surface area contributed by atoms with Gasteiger partial charge in [-0.25, -0.2) is 4.79 Å². The van der Waals surface area contributed by atoms with Gasteiger partial charge in [0.2, 0.25) is 0 Å². The molecule has 0 aromatic rings. The average Bonchev–Trinajstić information content (AvgIpc) is 2.89. The number of ketones is 2. The number of fused-ring (bicyclic) bond motifs is 1. The van der Waals surface area contributed by atoms with Crippen LogP contribution in [0.5, 0.6) is 0 Å². The Hall–Kier alpha value is -1.92. The Morgan fingerprint density at radius 2 is 1.73 bits per heavy atom. The van der Waals surface area contributed by atoms with E-state index in [1.54, 1.807) is 13.8 Å². The van der Waals surface area contributed by atoms with Crippen molar-refractivity contribution < 1.29 is 28.7 Å². The summed E-state index contributed by atoms with van der Waals surface area (Å²) in [6, 6.07) is -0.595. The topological polar surface area (TPSA) is 98.8 Å². The Morgan fingerprint density at radius 1 is 1.08 bits per heavy atom. The maximum atomic E-state index is 12.9. The fourth-order valence-corrected chi connectivity index (χ4v) is 3.88. The fourth-order valence-electron chi connectivity index (χ4n) is 3.88. The molecule has 2 aliphatic heterocycles. The van der Waals surface area contributed by atoms with Crippen molar-refractivity contribution in [1.82, 2.24) is 5.32 Å². The second kappa shape index (κ2) is 7.76. The summed E-state index contributed by atoms with van der Waals surface area (Å²) in [4.78, 5) is 49.1. The molecule has 6 atom stereocenters. The van der Waals surface area contributed by atoms with E-state index in [4.69, 9.17) is 9.47 Å². The van der Waals surface area contributed by atoms with Gasteiger partial charge in [0.1, 0.15) is 24.1 Å². The summed E-state index contributed by atoms with van der Waals surface area (Å²) in [6.45, 7) is 8.62. The van der Waals surface area contributed by atoms with Gasteiger partial charge in [0.15, 0.2) is 5.60 Å². The molecule has 26 heavy (non-hydrogen) atoms. The van der Waals surface area contributed by atoms with Crippen LogP contribution in [0.2, 0.25) is 0 Å². The first-order valence-corrected chi connectivity index (χ1v) is 9.27. The molecule has 0 aliphatic carbocycles. The number of hydrogen-bond donors (Lipinski definition) is 1. The normalized spacial score (nSPS) is 40.1. The van der Waals surface area contributed by atoms with E-state index in [9.17, 15) is 19.2 Å². The quantitative estimate of drug-likeness (QED) is 0.521. The Kier molecular flexibility index (Phi) is 6.09. The SMILES string of the molecule is CC1C(=O)CC[C@@H](C)C[C@@H](C)C(=O)C(C)C2NC(=O)O[C@]2(C)COC1=O. The molecule has 2 rings (SSSR count). The smallest absolute Gasteiger partial charge is 0.408 e. The van der Waals surface area contributed by atoms with E-state index < -0.39 is 35.5 Å². The zero-order chi connectivity index (χ0) is 19.6. The van der Waals surface area contributed by atoms with Gasteiger partial charge in [0.05, 0.1) is 6.04 Å². The molecule has 2 fully saturated rings. The van der Waals surface area contributed by atoms with Crippen molar-refractivity contribution in [1.29, 1.82) is 0 Å². The Morgan fingerprint density at radius 3 is 2.38 bits per heavy atom. The molecular formula is C19H29NO6. The van der Waals surface area contributed by atoms with Crippen molar-refractivity contribution in [2.45, 2.75) is 65.5 Å². The summed E-state index contributed by atoms with van der Waals surface area (Å²) >= 11 is 0. The van der Waals surface area contributed by atoms with E-state index in [-0.39, 0.29) is 36.4 Å². The number of esters is 1. The van der Waals surface area contributed by atoms with Crippen LogP contribution in [0.3, 0.4) is 0 Å². The summed E-state index contributed by atoms with van der Waals surface area (Å²) in [5.41, 5.74) is -1.15. The molecule has 1 amide bonds. The third-order valence-corrected chi connectivity index (χ3v) is 5.67. The third kappa shape index (κ3) is 4.24. The van der Waals surface area contributed by atoms with Crippen molar-refractivity contribution in [2.75, 3.05) is 6.61 Å². The molecule has 2 heterocycles. The van der Waals surface area contributed by atoms with E-state index in [1.807, 2.05) is 13.8 Å². The van der Waals surface area contributed by atoms with E-state index >= 15 is 0 Å². The number of ether oxygens (including phenoxy) is 2. The van der Waals surface area contributed by atoms with Crippen LogP contribution in [0.4, 0.5) is 4.79 Å². The standard InChI is InChI=1S/C19H29NO6/c1-10-6-7-14(21)12(3)17(23)25-9-19(5)16(20-18(24)26-19)13(4)15(22)11(2)8-10/h10-13,16H,6-9H2,1-5H3,(H,20,24)/t10-,11-,12?,13?,16?,19-/m1/s1. The lowest BCUT2D eigenvalue weighted by Gasteiger charge is -2.33. The Bertz CT molecular complexity index is 603. The zero-order valence-corrected chi connectivity index (χ0v) is 16.2. The lowest BCUT2D eigenvalue weighted by molar-refractivity contribution is -0.157. The van der Waals surface area contributed by atoms with E-state index in [2.05, 4.69) is 5.32 Å². The minimum absolute atomic E-state index is 0.0296. The molecule has 0 radical (unpaired) electrons. The van der Waals surface area contributed by atoms with Gasteiger partial charge in [0.25, 0.3) is 0 Å².